The van der Waals surface area contributed by atoms with Gasteiger partial charge in [0.05, 0.1) is 26.9 Å². The molecule has 9 nitrogen and oxygen atoms in total. The topological polar surface area (TPSA) is 122 Å². The van der Waals surface area contributed by atoms with Gasteiger partial charge in [0, 0.05) is 48.0 Å². The molecule has 0 fully saturated rings. The van der Waals surface area contributed by atoms with Crippen LogP contribution in [0, 0.1) is 0 Å². The Hall–Kier alpha value is -4.29. The molecule has 216 valence electrons. The second-order valence-corrected chi connectivity index (χ2v) is 10.6. The number of alkyl halides is 3. The number of hydrogen-bond acceptors (Lipinski definition) is 6. The summed E-state index contributed by atoms with van der Waals surface area (Å²) in [7, 11) is 0. The van der Waals surface area contributed by atoms with E-state index >= 15 is 0 Å². The van der Waals surface area contributed by atoms with Gasteiger partial charge in [-0.3, -0.25) is 9.59 Å². The Morgan fingerprint density at radius 3 is 2.45 bits per heavy atom. The van der Waals surface area contributed by atoms with Crippen molar-refractivity contribution in [1.82, 2.24) is 0 Å². The molecule has 0 radical (unpaired) electrons. The highest BCUT2D eigenvalue weighted by atomic mass is 35.5. The minimum absolute atomic E-state index is 0.0150. The van der Waals surface area contributed by atoms with Gasteiger partial charge in [0.1, 0.15) is 11.5 Å². The van der Waals surface area contributed by atoms with E-state index in [4.69, 9.17) is 32.7 Å². The molecule has 3 aromatic carbocycles. The number of carbonyl (C=O) groups excluding carboxylic acids is 3. The van der Waals surface area contributed by atoms with Crippen LogP contribution in [0.25, 0.3) is 0 Å². The predicted molar refractivity (Wildman–Crippen MR) is 143 cm³/mol. The van der Waals surface area contributed by atoms with Crippen molar-refractivity contribution in [3.63, 3.8) is 0 Å². The lowest BCUT2D eigenvalue weighted by Crippen LogP contribution is -2.36. The third-order valence-electron chi connectivity index (χ3n) is 7.40. The van der Waals surface area contributed by atoms with Crippen molar-refractivity contribution < 1.29 is 46.9 Å². The SMILES string of the molecule is CC(=O)N1CCCc2cc3c(cc21)Oc1cc(NC(=O)C(F)(F)F)ccc1C31OC(=O)c2c(Cl)c(C(=O)O)cc(Cl)c21. The maximum atomic E-state index is 13.4. The Bertz CT molecular complexity index is 1780. The van der Waals surface area contributed by atoms with Crippen LogP contribution in [0.4, 0.5) is 24.5 Å². The molecule has 1 atom stereocenters. The highest BCUT2D eigenvalue weighted by Crippen LogP contribution is 2.60. The van der Waals surface area contributed by atoms with Gasteiger partial charge in [-0.2, -0.15) is 13.2 Å². The largest absolute Gasteiger partial charge is 0.478 e. The summed E-state index contributed by atoms with van der Waals surface area (Å²) in [5.74, 6) is -4.88. The maximum absolute atomic E-state index is 13.4. The molecule has 2 amide bonds. The summed E-state index contributed by atoms with van der Waals surface area (Å²) in [6.45, 7) is 1.84. The smallest absolute Gasteiger partial charge is 0.471 e. The lowest BCUT2D eigenvalue weighted by Gasteiger charge is -2.39. The van der Waals surface area contributed by atoms with Crippen LogP contribution >= 0.6 is 23.2 Å². The van der Waals surface area contributed by atoms with Gasteiger partial charge in [0.2, 0.25) is 5.91 Å². The number of benzene rings is 3. The fourth-order valence-corrected chi connectivity index (χ4v) is 6.32. The van der Waals surface area contributed by atoms with E-state index in [0.29, 0.717) is 25.1 Å². The first-order valence-corrected chi connectivity index (χ1v) is 13.1. The highest BCUT2D eigenvalue weighted by molar-refractivity contribution is 6.39. The number of esters is 1. The highest BCUT2D eigenvalue weighted by Gasteiger charge is 2.56. The molecule has 1 unspecified atom stereocenters. The Labute approximate surface area is 244 Å². The summed E-state index contributed by atoms with van der Waals surface area (Å²) in [6.07, 6.45) is -3.96. The van der Waals surface area contributed by atoms with E-state index in [9.17, 15) is 37.5 Å². The number of hydrogen-bond donors (Lipinski definition) is 2. The van der Waals surface area contributed by atoms with Crippen LogP contribution in [0.3, 0.4) is 0 Å². The van der Waals surface area contributed by atoms with Crippen molar-refractivity contribution in [3.05, 3.63) is 79.8 Å². The third-order valence-corrected chi connectivity index (χ3v) is 8.09. The minimum atomic E-state index is -5.16. The Morgan fingerprint density at radius 2 is 1.79 bits per heavy atom. The first-order chi connectivity index (χ1) is 19.7. The summed E-state index contributed by atoms with van der Waals surface area (Å²) >= 11 is 13.0. The monoisotopic (exact) mass is 620 g/mol. The second-order valence-electron chi connectivity index (χ2n) is 9.86. The minimum Gasteiger partial charge on any atom is -0.478 e. The zero-order valence-corrected chi connectivity index (χ0v) is 22.8. The molecule has 0 saturated heterocycles. The van der Waals surface area contributed by atoms with Crippen LogP contribution in [-0.4, -0.2) is 41.6 Å². The number of anilines is 2. The van der Waals surface area contributed by atoms with Crippen LogP contribution in [0.15, 0.2) is 36.4 Å². The number of carboxylic acids is 1. The van der Waals surface area contributed by atoms with Gasteiger partial charge < -0.3 is 24.8 Å². The number of ether oxygens (including phenoxy) is 2. The number of amides is 2. The molecule has 0 aliphatic carbocycles. The van der Waals surface area contributed by atoms with E-state index in [1.54, 1.807) is 22.3 Å². The zero-order chi connectivity index (χ0) is 30.3. The molecule has 3 heterocycles. The molecule has 0 saturated carbocycles. The van der Waals surface area contributed by atoms with E-state index < -0.39 is 40.2 Å². The molecular formula is C28H17Cl2F3N2O7. The molecule has 42 heavy (non-hydrogen) atoms. The van der Waals surface area contributed by atoms with Crippen LogP contribution in [0.5, 0.6) is 11.5 Å². The van der Waals surface area contributed by atoms with E-state index in [1.807, 2.05) is 0 Å². The quantitative estimate of drug-likeness (QED) is 0.334. The number of aryl methyl sites for hydroxylation is 1. The molecule has 0 bridgehead atoms. The fourth-order valence-electron chi connectivity index (χ4n) is 5.68. The van der Waals surface area contributed by atoms with Crippen molar-refractivity contribution >= 4 is 58.3 Å². The lowest BCUT2D eigenvalue weighted by atomic mass is 9.76. The van der Waals surface area contributed by atoms with Gasteiger partial charge in [0.25, 0.3) is 0 Å². The van der Waals surface area contributed by atoms with Crippen molar-refractivity contribution in [3.8, 4) is 11.5 Å². The molecule has 3 aliphatic rings. The first kappa shape index (κ1) is 27.9. The third kappa shape index (κ3) is 4.00. The number of nitrogens with one attached hydrogen (secondary N) is 1. The molecule has 14 heteroatoms. The zero-order valence-electron chi connectivity index (χ0n) is 21.3. The number of nitrogens with zero attached hydrogens (tertiary/aromatic N) is 1. The van der Waals surface area contributed by atoms with Crippen LogP contribution < -0.4 is 15.0 Å². The first-order valence-electron chi connectivity index (χ1n) is 12.4. The number of carbonyl (C=O) groups is 4. The van der Waals surface area contributed by atoms with E-state index in [-0.39, 0.29) is 50.4 Å². The number of aromatic carboxylic acids is 1. The molecule has 6 rings (SSSR count). The summed E-state index contributed by atoms with van der Waals surface area (Å²) in [4.78, 5) is 50.8. The fraction of sp³-hybridized carbons (Fsp3) is 0.214. The van der Waals surface area contributed by atoms with Crippen molar-refractivity contribution in [2.45, 2.75) is 31.5 Å². The van der Waals surface area contributed by atoms with Crippen LogP contribution in [0.2, 0.25) is 10.0 Å². The van der Waals surface area contributed by atoms with Crippen LogP contribution in [0.1, 0.15) is 56.3 Å². The Kier molecular flexibility index (Phi) is 6.21. The van der Waals surface area contributed by atoms with Crippen LogP contribution in [-0.2, 0) is 26.3 Å². The van der Waals surface area contributed by atoms with E-state index in [1.165, 1.54) is 19.1 Å². The van der Waals surface area contributed by atoms with Crippen molar-refractivity contribution in [1.29, 1.82) is 0 Å². The molecule has 1 spiro atoms. The van der Waals surface area contributed by atoms with Gasteiger partial charge in [-0.15, -0.1) is 0 Å². The van der Waals surface area contributed by atoms with Gasteiger partial charge >= 0.3 is 24.0 Å². The van der Waals surface area contributed by atoms with Gasteiger partial charge in [-0.05, 0) is 42.7 Å². The van der Waals surface area contributed by atoms with E-state index in [0.717, 1.165) is 17.7 Å². The van der Waals surface area contributed by atoms with Gasteiger partial charge in [0.15, 0.2) is 5.60 Å². The number of halogens is 5. The number of carboxylic acid groups (broad SMARTS) is 1. The van der Waals surface area contributed by atoms with E-state index in [2.05, 4.69) is 0 Å². The Balaban J connectivity index is 1.64. The summed E-state index contributed by atoms with van der Waals surface area (Å²) < 4.78 is 51.0. The van der Waals surface area contributed by atoms with Gasteiger partial charge in [-0.1, -0.05) is 23.2 Å². The average molecular weight is 621 g/mol. The average Bonchev–Trinajstić information content (AvgIpc) is 3.22. The van der Waals surface area contributed by atoms with Crippen molar-refractivity contribution in [2.24, 2.45) is 0 Å². The summed E-state index contributed by atoms with van der Waals surface area (Å²) in [6, 6.07) is 7.94. The normalized spacial score (nSPS) is 18.3. The van der Waals surface area contributed by atoms with Crippen molar-refractivity contribution in [2.75, 3.05) is 16.8 Å². The molecule has 3 aromatic rings. The second kappa shape index (κ2) is 9.36. The molecule has 3 aliphatic heterocycles. The number of rotatable bonds is 2. The standard InChI is InChI=1S/C28H17Cl2F3N2O7/c1-11(36)35-6-2-3-12-7-16-20(10-18(12)35)41-19-8-13(34-26(40)28(31,32)33)4-5-15(19)27(16)22-17(29)9-14(24(37)38)23(30)21(22)25(39)42-27/h4-5,7-10H,2-3,6H2,1H3,(H,34,40)(H,37,38). The molecular weight excluding hydrogens is 604 g/mol. The Morgan fingerprint density at radius 1 is 1.07 bits per heavy atom. The number of fused-ring (bicyclic) bond motifs is 7. The summed E-state index contributed by atoms with van der Waals surface area (Å²) in [5, 5.41) is 10.8. The molecule has 0 aromatic heterocycles. The maximum Gasteiger partial charge on any atom is 0.471 e. The predicted octanol–water partition coefficient (Wildman–Crippen LogP) is 6.06. The lowest BCUT2D eigenvalue weighted by molar-refractivity contribution is -0.167. The molecule has 2 N–H and O–H groups in total. The van der Waals surface area contributed by atoms with Gasteiger partial charge in [-0.25, -0.2) is 9.59 Å². The summed E-state index contributed by atoms with van der Waals surface area (Å²) in [5.41, 5.74) is -1.19.